The molecule has 0 bridgehead atoms. The van der Waals surface area contributed by atoms with Crippen molar-refractivity contribution >= 4 is 35.5 Å². The summed E-state index contributed by atoms with van der Waals surface area (Å²) in [6.45, 7) is 3.84. The normalized spacial score (nSPS) is 11.0. The molecule has 0 radical (unpaired) electrons. The van der Waals surface area contributed by atoms with E-state index in [9.17, 15) is 4.79 Å². The molecule has 0 amide bonds. The van der Waals surface area contributed by atoms with Crippen LogP contribution in [0.25, 0.3) is 6.08 Å². The zero-order valence-electron chi connectivity index (χ0n) is 17.3. The molecule has 0 saturated heterocycles. The molecule has 0 aliphatic carbocycles. The van der Waals surface area contributed by atoms with Gasteiger partial charge in [-0.1, -0.05) is 67.8 Å². The van der Waals surface area contributed by atoms with E-state index in [2.05, 4.69) is 40.8 Å². The van der Waals surface area contributed by atoms with Crippen LogP contribution in [0.2, 0.25) is 5.02 Å². The molecule has 0 atom stereocenters. The van der Waals surface area contributed by atoms with Crippen molar-refractivity contribution in [3.8, 4) is 5.75 Å². The number of nitrogens with one attached hydrogen (secondary N) is 1. The molecule has 0 heterocycles. The van der Waals surface area contributed by atoms with E-state index in [0.29, 0.717) is 24.7 Å². The SMILES string of the molecule is CCCCCc1ccc(COc2ccc(/C=C/CNCCC(=O)OCl)c(Cl)c2)cc1. The fraction of sp³-hybridized carbons (Fsp3) is 0.375. The minimum absolute atomic E-state index is 0.228. The summed E-state index contributed by atoms with van der Waals surface area (Å²) >= 11 is 11.3. The number of unbranched alkanes of at least 4 members (excludes halogenated alkanes) is 2. The second-order valence-electron chi connectivity index (χ2n) is 7.05. The zero-order valence-corrected chi connectivity index (χ0v) is 18.8. The molecule has 4 nitrogen and oxygen atoms in total. The summed E-state index contributed by atoms with van der Waals surface area (Å²) in [6, 6.07) is 14.3. The molecule has 2 rings (SSSR count). The van der Waals surface area contributed by atoms with E-state index >= 15 is 0 Å². The first-order valence-corrected chi connectivity index (χ1v) is 11.0. The smallest absolute Gasteiger partial charge is 0.326 e. The molecule has 1 N–H and O–H groups in total. The van der Waals surface area contributed by atoms with Gasteiger partial charge in [0, 0.05) is 13.1 Å². The number of carbonyl (C=O) groups is 1. The molecule has 0 fully saturated rings. The highest BCUT2D eigenvalue weighted by molar-refractivity contribution is 6.32. The predicted octanol–water partition coefficient (Wildman–Crippen LogP) is 6.34. The average Bonchev–Trinajstić information content (AvgIpc) is 2.76. The number of carbonyl (C=O) groups excluding carboxylic acids is 1. The Morgan fingerprint density at radius 1 is 1.10 bits per heavy atom. The summed E-state index contributed by atoms with van der Waals surface area (Å²) in [5.41, 5.74) is 3.42. The van der Waals surface area contributed by atoms with E-state index < -0.39 is 5.97 Å². The van der Waals surface area contributed by atoms with Gasteiger partial charge in [0.1, 0.15) is 24.2 Å². The summed E-state index contributed by atoms with van der Waals surface area (Å²) in [7, 11) is 0. The topological polar surface area (TPSA) is 47.6 Å². The van der Waals surface area contributed by atoms with E-state index in [1.165, 1.54) is 24.8 Å². The van der Waals surface area contributed by atoms with Gasteiger partial charge in [0.2, 0.25) is 0 Å². The van der Waals surface area contributed by atoms with Gasteiger partial charge in [0.15, 0.2) is 0 Å². The highest BCUT2D eigenvalue weighted by Gasteiger charge is 2.02. The average molecular weight is 450 g/mol. The Morgan fingerprint density at radius 2 is 1.87 bits per heavy atom. The Kier molecular flexibility index (Phi) is 11.4. The highest BCUT2D eigenvalue weighted by atomic mass is 35.5. The largest absolute Gasteiger partial charge is 0.489 e. The first kappa shape index (κ1) is 24.3. The van der Waals surface area contributed by atoms with Gasteiger partial charge in [-0.15, -0.1) is 0 Å². The Balaban J connectivity index is 1.76. The van der Waals surface area contributed by atoms with Crippen molar-refractivity contribution in [1.82, 2.24) is 5.32 Å². The summed E-state index contributed by atoms with van der Waals surface area (Å²) in [5.74, 6) is 0.289. The maximum absolute atomic E-state index is 10.9. The van der Waals surface area contributed by atoms with Gasteiger partial charge in [0.05, 0.1) is 11.4 Å². The lowest BCUT2D eigenvalue weighted by atomic mass is 10.1. The van der Waals surface area contributed by atoms with Crippen LogP contribution in [0.5, 0.6) is 5.75 Å². The fourth-order valence-corrected chi connectivity index (χ4v) is 3.19. The molecule has 0 aliphatic heterocycles. The van der Waals surface area contributed by atoms with Crippen LogP contribution in [0.3, 0.4) is 0 Å². The maximum atomic E-state index is 10.9. The van der Waals surface area contributed by atoms with E-state index in [0.717, 1.165) is 23.3 Å². The molecule has 0 unspecified atom stereocenters. The summed E-state index contributed by atoms with van der Waals surface area (Å²) < 4.78 is 9.95. The Hall–Kier alpha value is -2.01. The van der Waals surface area contributed by atoms with Crippen molar-refractivity contribution < 1.29 is 13.8 Å². The van der Waals surface area contributed by atoms with Gasteiger partial charge in [-0.3, -0.25) is 4.79 Å². The molecule has 0 aliphatic rings. The lowest BCUT2D eigenvalue weighted by molar-refractivity contribution is -0.133. The Labute approximate surface area is 189 Å². The molecule has 0 aromatic heterocycles. The van der Waals surface area contributed by atoms with Gasteiger partial charge in [-0.2, -0.15) is 0 Å². The minimum atomic E-state index is -0.449. The third-order valence-corrected chi connectivity index (χ3v) is 5.12. The standard InChI is InChI=1S/C24H29Cl2NO3/c1-2-3-4-6-19-8-10-20(11-9-19)18-29-22-13-12-21(23(25)17-22)7-5-15-27-16-14-24(28)30-26/h5,7-13,17,27H,2-4,6,14-16,18H2,1H3/b7-5+. The first-order valence-electron chi connectivity index (χ1n) is 10.3. The molecular weight excluding hydrogens is 421 g/mol. The van der Waals surface area contributed by atoms with Crippen LogP contribution in [0, 0.1) is 0 Å². The van der Waals surface area contributed by atoms with Crippen LogP contribution in [-0.2, 0) is 22.1 Å². The van der Waals surface area contributed by atoms with Crippen LogP contribution < -0.4 is 10.1 Å². The monoisotopic (exact) mass is 449 g/mol. The predicted molar refractivity (Wildman–Crippen MR) is 124 cm³/mol. The molecule has 0 spiro atoms. The van der Waals surface area contributed by atoms with Crippen molar-refractivity contribution in [2.24, 2.45) is 0 Å². The number of halogens is 2. The second-order valence-corrected chi connectivity index (χ2v) is 7.61. The number of benzene rings is 2. The first-order chi connectivity index (χ1) is 14.6. The molecular formula is C24H29Cl2NO3. The molecule has 2 aromatic rings. The number of ether oxygens (including phenoxy) is 1. The maximum Gasteiger partial charge on any atom is 0.326 e. The molecule has 2 aromatic carbocycles. The third kappa shape index (κ3) is 9.21. The van der Waals surface area contributed by atoms with Gasteiger partial charge in [-0.25, -0.2) is 0 Å². The molecule has 6 heteroatoms. The van der Waals surface area contributed by atoms with Gasteiger partial charge in [-0.05, 0) is 47.7 Å². The van der Waals surface area contributed by atoms with E-state index in [-0.39, 0.29) is 6.42 Å². The minimum Gasteiger partial charge on any atom is -0.489 e. The summed E-state index contributed by atoms with van der Waals surface area (Å²) in [6.07, 6.45) is 8.99. The summed E-state index contributed by atoms with van der Waals surface area (Å²) in [5, 5.41) is 3.72. The van der Waals surface area contributed by atoms with Crippen molar-refractivity contribution in [2.75, 3.05) is 13.1 Å². The third-order valence-electron chi connectivity index (χ3n) is 4.62. The van der Waals surface area contributed by atoms with Gasteiger partial charge >= 0.3 is 5.97 Å². The van der Waals surface area contributed by atoms with Gasteiger partial charge < -0.3 is 14.3 Å². The summed E-state index contributed by atoms with van der Waals surface area (Å²) in [4.78, 5) is 10.9. The van der Waals surface area contributed by atoms with Crippen LogP contribution in [0.4, 0.5) is 0 Å². The number of hydrogen-bond donors (Lipinski definition) is 1. The molecule has 0 saturated carbocycles. The molecule has 30 heavy (non-hydrogen) atoms. The molecule has 162 valence electrons. The van der Waals surface area contributed by atoms with E-state index in [4.69, 9.17) is 28.2 Å². The number of aryl methyl sites for hydroxylation is 1. The zero-order chi connectivity index (χ0) is 21.6. The van der Waals surface area contributed by atoms with Crippen molar-refractivity contribution in [2.45, 2.75) is 45.6 Å². The number of hydrogen-bond acceptors (Lipinski definition) is 4. The van der Waals surface area contributed by atoms with Crippen molar-refractivity contribution in [1.29, 1.82) is 0 Å². The fourth-order valence-electron chi connectivity index (χ4n) is 2.88. The Bertz CT molecular complexity index is 807. The van der Waals surface area contributed by atoms with Crippen molar-refractivity contribution in [3.63, 3.8) is 0 Å². The van der Waals surface area contributed by atoms with Crippen LogP contribution >= 0.6 is 23.5 Å². The lowest BCUT2D eigenvalue weighted by Gasteiger charge is -2.09. The van der Waals surface area contributed by atoms with Crippen molar-refractivity contribution in [3.05, 3.63) is 70.3 Å². The quantitative estimate of drug-likeness (QED) is 0.362. The number of rotatable bonds is 13. The highest BCUT2D eigenvalue weighted by Crippen LogP contribution is 2.24. The Morgan fingerprint density at radius 3 is 2.57 bits per heavy atom. The van der Waals surface area contributed by atoms with Crippen LogP contribution in [0.1, 0.15) is 49.3 Å². The van der Waals surface area contributed by atoms with Gasteiger partial charge in [0.25, 0.3) is 0 Å². The van der Waals surface area contributed by atoms with E-state index in [1.807, 2.05) is 30.4 Å². The van der Waals surface area contributed by atoms with Crippen LogP contribution in [0.15, 0.2) is 48.5 Å². The second kappa shape index (κ2) is 14.1. The van der Waals surface area contributed by atoms with E-state index in [1.54, 1.807) is 0 Å². The van der Waals surface area contributed by atoms with Crippen LogP contribution in [-0.4, -0.2) is 19.1 Å². The lowest BCUT2D eigenvalue weighted by Crippen LogP contribution is -2.18.